The molecule has 3 rings (SSSR count). The van der Waals surface area contributed by atoms with Gasteiger partial charge in [-0.25, -0.2) is 0 Å². The molecule has 1 saturated carbocycles. The summed E-state index contributed by atoms with van der Waals surface area (Å²) in [6.07, 6.45) is 2.46. The second kappa shape index (κ2) is 5.28. The van der Waals surface area contributed by atoms with Gasteiger partial charge in [0, 0.05) is 6.04 Å². The number of nitrogens with one attached hydrogen (secondary N) is 1. The molecule has 3 nitrogen and oxygen atoms in total. The standard InChI is InChI=1S/C17H25NO2/c1-4-7-18-16(13-11-17(13,2)3)12-5-6-14-15(10-12)20-9-8-19-14/h5-6,10,13,16,18H,4,7-9,11H2,1-3H3. The topological polar surface area (TPSA) is 30.5 Å². The van der Waals surface area contributed by atoms with E-state index in [1.54, 1.807) is 0 Å². The molecular formula is C17H25NO2. The van der Waals surface area contributed by atoms with Gasteiger partial charge in [-0.05, 0) is 48.4 Å². The monoisotopic (exact) mass is 275 g/mol. The van der Waals surface area contributed by atoms with E-state index in [0.717, 1.165) is 30.4 Å². The van der Waals surface area contributed by atoms with Crippen molar-refractivity contribution in [1.82, 2.24) is 5.32 Å². The number of rotatable bonds is 5. The molecule has 0 aromatic heterocycles. The third-order valence-electron chi connectivity index (χ3n) is 4.53. The first-order valence-corrected chi connectivity index (χ1v) is 7.75. The predicted molar refractivity (Wildman–Crippen MR) is 80.4 cm³/mol. The SMILES string of the molecule is CCCNC(c1ccc2c(c1)OCCO2)C1CC1(C)C. The van der Waals surface area contributed by atoms with Gasteiger partial charge in [-0.2, -0.15) is 0 Å². The molecule has 0 radical (unpaired) electrons. The highest BCUT2D eigenvalue weighted by Crippen LogP contribution is 2.58. The van der Waals surface area contributed by atoms with E-state index >= 15 is 0 Å². The minimum absolute atomic E-state index is 0.431. The molecule has 1 fully saturated rings. The molecule has 0 bridgehead atoms. The van der Waals surface area contributed by atoms with Crippen LogP contribution < -0.4 is 14.8 Å². The molecule has 2 aliphatic rings. The quantitative estimate of drug-likeness (QED) is 0.891. The van der Waals surface area contributed by atoms with Gasteiger partial charge in [-0.1, -0.05) is 26.8 Å². The maximum atomic E-state index is 5.72. The van der Waals surface area contributed by atoms with Crippen LogP contribution in [0, 0.1) is 11.3 Å². The van der Waals surface area contributed by atoms with Crippen LogP contribution in [0.15, 0.2) is 18.2 Å². The Balaban J connectivity index is 1.83. The summed E-state index contributed by atoms with van der Waals surface area (Å²) < 4.78 is 11.3. The summed E-state index contributed by atoms with van der Waals surface area (Å²) in [5.74, 6) is 2.50. The van der Waals surface area contributed by atoms with Crippen molar-refractivity contribution in [1.29, 1.82) is 0 Å². The normalized spacial score (nSPS) is 24.2. The van der Waals surface area contributed by atoms with Crippen molar-refractivity contribution in [2.24, 2.45) is 11.3 Å². The summed E-state index contributed by atoms with van der Waals surface area (Å²) in [4.78, 5) is 0. The van der Waals surface area contributed by atoms with Gasteiger partial charge in [0.1, 0.15) is 13.2 Å². The molecule has 110 valence electrons. The lowest BCUT2D eigenvalue weighted by Crippen LogP contribution is -2.25. The molecule has 1 aliphatic heterocycles. The second-order valence-corrected chi connectivity index (χ2v) is 6.63. The average Bonchev–Trinajstić information content (AvgIpc) is 3.08. The number of ether oxygens (including phenoxy) is 2. The maximum absolute atomic E-state index is 5.72. The molecule has 20 heavy (non-hydrogen) atoms. The fraction of sp³-hybridized carbons (Fsp3) is 0.647. The lowest BCUT2D eigenvalue weighted by molar-refractivity contribution is 0.171. The lowest BCUT2D eigenvalue weighted by atomic mass is 9.96. The zero-order valence-corrected chi connectivity index (χ0v) is 12.7. The summed E-state index contributed by atoms with van der Waals surface area (Å²) in [6.45, 7) is 9.29. The Morgan fingerprint density at radius 2 is 1.95 bits per heavy atom. The van der Waals surface area contributed by atoms with E-state index in [1.807, 2.05) is 0 Å². The van der Waals surface area contributed by atoms with Gasteiger partial charge >= 0.3 is 0 Å². The van der Waals surface area contributed by atoms with Crippen LogP contribution in [0.1, 0.15) is 45.2 Å². The Kier molecular flexibility index (Phi) is 3.63. The molecule has 1 aromatic carbocycles. The minimum atomic E-state index is 0.431. The van der Waals surface area contributed by atoms with E-state index in [9.17, 15) is 0 Å². The summed E-state index contributed by atoms with van der Waals surface area (Å²) >= 11 is 0. The molecule has 2 unspecified atom stereocenters. The first kappa shape index (κ1) is 13.7. The van der Waals surface area contributed by atoms with Gasteiger partial charge in [0.2, 0.25) is 0 Å². The molecule has 0 saturated heterocycles. The molecule has 3 heteroatoms. The van der Waals surface area contributed by atoms with Crippen LogP contribution in [-0.2, 0) is 0 Å². The molecule has 0 amide bonds. The van der Waals surface area contributed by atoms with Crippen molar-refractivity contribution in [3.63, 3.8) is 0 Å². The molecular weight excluding hydrogens is 250 g/mol. The average molecular weight is 275 g/mol. The molecule has 2 atom stereocenters. The fourth-order valence-electron chi connectivity index (χ4n) is 3.12. The predicted octanol–water partition coefficient (Wildman–Crippen LogP) is 3.54. The molecule has 1 aliphatic carbocycles. The van der Waals surface area contributed by atoms with Crippen LogP contribution in [-0.4, -0.2) is 19.8 Å². The van der Waals surface area contributed by atoms with E-state index in [4.69, 9.17) is 9.47 Å². The van der Waals surface area contributed by atoms with Crippen LogP contribution in [0.25, 0.3) is 0 Å². The molecule has 1 N–H and O–H groups in total. The van der Waals surface area contributed by atoms with Crippen LogP contribution in [0.3, 0.4) is 0 Å². The molecule has 0 spiro atoms. The Labute approximate surface area is 121 Å². The molecule has 1 heterocycles. The second-order valence-electron chi connectivity index (χ2n) is 6.63. The van der Waals surface area contributed by atoms with Crippen molar-refractivity contribution in [3.05, 3.63) is 23.8 Å². The van der Waals surface area contributed by atoms with Crippen LogP contribution in [0.2, 0.25) is 0 Å². The third-order valence-corrected chi connectivity index (χ3v) is 4.53. The maximum Gasteiger partial charge on any atom is 0.161 e. The highest BCUT2D eigenvalue weighted by molar-refractivity contribution is 5.45. The van der Waals surface area contributed by atoms with Gasteiger partial charge in [-0.15, -0.1) is 0 Å². The number of hydrogen-bond donors (Lipinski definition) is 1. The van der Waals surface area contributed by atoms with Gasteiger partial charge in [-0.3, -0.25) is 0 Å². The van der Waals surface area contributed by atoms with Crippen molar-refractivity contribution in [2.45, 2.75) is 39.7 Å². The number of hydrogen-bond acceptors (Lipinski definition) is 3. The van der Waals surface area contributed by atoms with Crippen molar-refractivity contribution < 1.29 is 9.47 Å². The third kappa shape index (κ3) is 2.64. The largest absolute Gasteiger partial charge is 0.486 e. The Morgan fingerprint density at radius 1 is 1.25 bits per heavy atom. The Hall–Kier alpha value is -1.22. The first-order valence-electron chi connectivity index (χ1n) is 7.75. The Morgan fingerprint density at radius 3 is 2.60 bits per heavy atom. The van der Waals surface area contributed by atoms with E-state index in [2.05, 4.69) is 44.3 Å². The van der Waals surface area contributed by atoms with E-state index < -0.39 is 0 Å². The summed E-state index contributed by atoms with van der Waals surface area (Å²) in [5, 5.41) is 3.71. The van der Waals surface area contributed by atoms with Gasteiger partial charge < -0.3 is 14.8 Å². The van der Waals surface area contributed by atoms with Crippen molar-refractivity contribution in [3.8, 4) is 11.5 Å². The van der Waals surface area contributed by atoms with E-state index in [1.165, 1.54) is 12.0 Å². The van der Waals surface area contributed by atoms with Gasteiger partial charge in [0.25, 0.3) is 0 Å². The zero-order valence-electron chi connectivity index (χ0n) is 12.7. The smallest absolute Gasteiger partial charge is 0.161 e. The zero-order chi connectivity index (χ0) is 14.2. The summed E-state index contributed by atoms with van der Waals surface area (Å²) in [6, 6.07) is 6.84. The van der Waals surface area contributed by atoms with Crippen LogP contribution in [0.4, 0.5) is 0 Å². The number of fused-ring (bicyclic) bond motifs is 1. The van der Waals surface area contributed by atoms with Crippen molar-refractivity contribution >= 4 is 0 Å². The highest BCUT2D eigenvalue weighted by atomic mass is 16.6. The summed E-state index contributed by atoms with van der Waals surface area (Å²) in [7, 11) is 0. The highest BCUT2D eigenvalue weighted by Gasteiger charge is 2.50. The van der Waals surface area contributed by atoms with Crippen LogP contribution >= 0.6 is 0 Å². The molecule has 1 aromatic rings. The summed E-state index contributed by atoms with van der Waals surface area (Å²) in [5.41, 5.74) is 1.79. The van der Waals surface area contributed by atoms with Gasteiger partial charge in [0.15, 0.2) is 11.5 Å². The number of benzene rings is 1. The van der Waals surface area contributed by atoms with Crippen molar-refractivity contribution in [2.75, 3.05) is 19.8 Å². The van der Waals surface area contributed by atoms with Crippen LogP contribution in [0.5, 0.6) is 11.5 Å². The van der Waals surface area contributed by atoms with Gasteiger partial charge in [0.05, 0.1) is 0 Å². The lowest BCUT2D eigenvalue weighted by Gasteiger charge is -2.24. The first-order chi connectivity index (χ1) is 9.62. The van der Waals surface area contributed by atoms with E-state index in [-0.39, 0.29) is 0 Å². The minimum Gasteiger partial charge on any atom is -0.486 e. The Bertz CT molecular complexity index is 484. The van der Waals surface area contributed by atoms with E-state index in [0.29, 0.717) is 24.7 Å². The fourth-order valence-corrected chi connectivity index (χ4v) is 3.12.